The normalized spacial score (nSPS) is 15.5. The van der Waals surface area contributed by atoms with Crippen LogP contribution in [0.25, 0.3) is 10.2 Å². The van der Waals surface area contributed by atoms with Gasteiger partial charge in [-0.3, -0.25) is 0 Å². The first-order valence-electron chi connectivity index (χ1n) is 10.3. The molecule has 0 fully saturated rings. The number of thiazole rings is 1. The van der Waals surface area contributed by atoms with Gasteiger partial charge in [0.1, 0.15) is 0 Å². The molecule has 0 radical (unpaired) electrons. The molecule has 1 nitrogen and oxygen atoms in total. The van der Waals surface area contributed by atoms with E-state index in [4.69, 9.17) is 4.98 Å². The van der Waals surface area contributed by atoms with Gasteiger partial charge in [0, 0.05) is 0 Å². The molecule has 0 aliphatic carbocycles. The Morgan fingerprint density at radius 2 is 1.30 bits per heavy atom. The molecule has 0 aliphatic heterocycles. The summed E-state index contributed by atoms with van der Waals surface area (Å²) >= 11 is 7.58. The van der Waals surface area contributed by atoms with Crippen molar-refractivity contribution in [1.29, 1.82) is 0 Å². The van der Waals surface area contributed by atoms with Crippen LogP contribution in [0, 0.1) is 0 Å². The van der Waals surface area contributed by atoms with E-state index in [1.54, 1.807) is 0 Å². The van der Waals surface area contributed by atoms with Crippen LogP contribution in [0.2, 0.25) is 0 Å². The van der Waals surface area contributed by atoms with E-state index in [0.717, 1.165) is 5.52 Å². The van der Waals surface area contributed by atoms with E-state index < -0.39 is 4.71 Å². The summed E-state index contributed by atoms with van der Waals surface area (Å²) in [6, 6.07) is 30.3. The van der Waals surface area contributed by atoms with E-state index in [0.29, 0.717) is 11.8 Å². The Morgan fingerprint density at radius 3 is 1.83 bits per heavy atom. The van der Waals surface area contributed by atoms with Gasteiger partial charge in [-0.2, -0.15) is 0 Å². The fourth-order valence-corrected chi connectivity index (χ4v) is 17.2. The monoisotopic (exact) mass is 515 g/mol. The molecule has 0 bridgehead atoms. The third kappa shape index (κ3) is 5.55. The number of nitrogens with zero attached hydrogens (tertiary/aromatic N) is 1. The average Bonchev–Trinajstić information content (AvgIpc) is 3.16. The van der Waals surface area contributed by atoms with Gasteiger partial charge in [0.25, 0.3) is 0 Å². The zero-order valence-corrected chi connectivity index (χ0v) is 21.5. The molecule has 4 aromatic rings. The SMILES string of the molecule is CC(CP(=[Se])(CC(C)c1ccccc1)Sc1nc2ccccc2s1)c1ccccc1. The molecule has 1 aromatic heterocycles. The van der Waals surface area contributed by atoms with E-state index in [-0.39, 0.29) is 0 Å². The summed E-state index contributed by atoms with van der Waals surface area (Å²) in [6.07, 6.45) is 2.35. The van der Waals surface area contributed by atoms with E-state index in [1.165, 1.54) is 32.5 Å². The van der Waals surface area contributed by atoms with Gasteiger partial charge in [0.15, 0.2) is 0 Å². The summed E-state index contributed by atoms with van der Waals surface area (Å²) < 4.78 is 1.02. The molecule has 0 N–H and O–H groups in total. The Morgan fingerprint density at radius 1 is 0.800 bits per heavy atom. The Hall–Kier alpha value is -1.15. The number of aromatic nitrogens is 1. The van der Waals surface area contributed by atoms with Gasteiger partial charge in [-0.05, 0) is 0 Å². The van der Waals surface area contributed by atoms with Crippen LogP contribution in [0.5, 0.6) is 0 Å². The number of rotatable bonds is 8. The predicted molar refractivity (Wildman–Crippen MR) is 138 cm³/mol. The van der Waals surface area contributed by atoms with Crippen LogP contribution in [0.4, 0.5) is 0 Å². The first-order valence-corrected chi connectivity index (χ1v) is 16.9. The number of hydrogen-bond donors (Lipinski definition) is 0. The Bertz CT molecular complexity index is 1060. The van der Waals surface area contributed by atoms with Gasteiger partial charge < -0.3 is 0 Å². The van der Waals surface area contributed by atoms with Crippen LogP contribution in [-0.2, 0) is 0 Å². The van der Waals surface area contributed by atoms with Crippen molar-refractivity contribution in [2.24, 2.45) is 0 Å². The fraction of sp³-hybridized carbons (Fsp3) is 0.240. The summed E-state index contributed by atoms with van der Waals surface area (Å²) in [5.41, 5.74) is 3.97. The van der Waals surface area contributed by atoms with E-state index in [1.807, 2.05) is 22.7 Å². The molecule has 2 unspecified atom stereocenters. The van der Waals surface area contributed by atoms with Crippen molar-refractivity contribution in [3.8, 4) is 0 Å². The number of benzene rings is 3. The van der Waals surface area contributed by atoms with Crippen LogP contribution in [0.15, 0.2) is 89.3 Å². The van der Waals surface area contributed by atoms with Gasteiger partial charge in [0.05, 0.1) is 0 Å². The molecule has 0 spiro atoms. The molecule has 0 aliphatic rings. The standard InChI is InChI=1S/C25H26NPS2Se/c1-19(21-11-5-3-6-12-21)17-27(30,18-20(2)22-13-7-4-8-14-22)29-25-26-23-15-9-10-16-24(23)28-25/h3-16,19-20H,17-18H2,1-2H3. The third-order valence-electron chi connectivity index (χ3n) is 5.36. The minimum atomic E-state index is -1.45. The van der Waals surface area contributed by atoms with Crippen molar-refractivity contribution in [2.45, 2.75) is 30.0 Å². The van der Waals surface area contributed by atoms with E-state index in [9.17, 15) is 0 Å². The molecule has 0 saturated carbocycles. The average molecular weight is 515 g/mol. The van der Waals surface area contributed by atoms with E-state index >= 15 is 0 Å². The third-order valence-corrected chi connectivity index (χ3v) is 15.5. The van der Waals surface area contributed by atoms with Crippen molar-refractivity contribution in [3.05, 3.63) is 96.1 Å². The van der Waals surface area contributed by atoms with Crippen LogP contribution >= 0.6 is 27.4 Å². The molecular formula is C25H26NPS2Se. The Labute approximate surface area is 195 Å². The molecule has 4 rings (SSSR count). The summed E-state index contributed by atoms with van der Waals surface area (Å²) in [7, 11) is 0. The number of para-hydroxylation sites is 1. The summed E-state index contributed by atoms with van der Waals surface area (Å²) in [6.45, 7) is 4.74. The van der Waals surface area contributed by atoms with Crippen LogP contribution in [0.1, 0.15) is 36.8 Å². The van der Waals surface area contributed by atoms with E-state index in [2.05, 4.69) is 114 Å². The van der Waals surface area contributed by atoms with Crippen molar-refractivity contribution in [1.82, 2.24) is 4.98 Å². The van der Waals surface area contributed by atoms with Gasteiger partial charge in [-0.15, -0.1) is 0 Å². The maximum atomic E-state index is 4.95. The number of hydrogen-bond acceptors (Lipinski definition) is 3. The zero-order chi connectivity index (χ0) is 21.0. The first kappa shape index (κ1) is 22.1. The predicted octanol–water partition coefficient (Wildman–Crippen LogP) is 8.01. The molecule has 1 heterocycles. The van der Waals surface area contributed by atoms with Crippen molar-refractivity contribution >= 4 is 52.7 Å². The zero-order valence-electron chi connectivity index (χ0n) is 17.3. The Kier molecular flexibility index (Phi) is 7.34. The van der Waals surface area contributed by atoms with Crippen molar-refractivity contribution < 1.29 is 0 Å². The van der Waals surface area contributed by atoms with Crippen LogP contribution in [-0.4, -0.2) is 32.4 Å². The van der Waals surface area contributed by atoms with Crippen LogP contribution < -0.4 is 0 Å². The molecule has 2 atom stereocenters. The molecule has 0 saturated heterocycles. The second-order valence-electron chi connectivity index (χ2n) is 7.84. The summed E-state index contributed by atoms with van der Waals surface area (Å²) in [5, 5.41) is 0. The van der Waals surface area contributed by atoms with Gasteiger partial charge in [-0.1, -0.05) is 0 Å². The van der Waals surface area contributed by atoms with Crippen LogP contribution in [0.3, 0.4) is 0 Å². The second kappa shape index (κ2) is 9.98. The quantitative estimate of drug-likeness (QED) is 0.174. The molecule has 3 aromatic carbocycles. The van der Waals surface area contributed by atoms with Gasteiger partial charge in [0.2, 0.25) is 0 Å². The first-order chi connectivity index (χ1) is 14.5. The van der Waals surface area contributed by atoms with Gasteiger partial charge in [-0.25, -0.2) is 0 Å². The summed E-state index contributed by atoms with van der Waals surface area (Å²) in [5.74, 6) is 1.04. The maximum absolute atomic E-state index is 4.95. The molecule has 5 heteroatoms. The molecule has 30 heavy (non-hydrogen) atoms. The van der Waals surface area contributed by atoms with Crippen molar-refractivity contribution in [2.75, 3.05) is 12.3 Å². The molecular weight excluding hydrogens is 488 g/mol. The fourth-order valence-electron chi connectivity index (χ4n) is 3.79. The Balaban J connectivity index is 1.61. The second-order valence-corrected chi connectivity index (χ2v) is 20.7. The molecule has 0 amide bonds. The van der Waals surface area contributed by atoms with Gasteiger partial charge >= 0.3 is 196 Å². The minimum absolute atomic E-state index is 0.519. The van der Waals surface area contributed by atoms with Crippen molar-refractivity contribution in [3.63, 3.8) is 0 Å². The topological polar surface area (TPSA) is 12.9 Å². The number of fused-ring (bicyclic) bond motifs is 1. The molecule has 154 valence electrons. The summed E-state index contributed by atoms with van der Waals surface area (Å²) in [4.78, 5) is 4.95.